The Kier molecular flexibility index (Phi) is 6.07. The van der Waals surface area contributed by atoms with Crippen molar-refractivity contribution in [3.63, 3.8) is 0 Å². The molecule has 1 aromatic heterocycles. The summed E-state index contributed by atoms with van der Waals surface area (Å²) in [6.45, 7) is 0.327. The number of hydrogen-bond acceptors (Lipinski definition) is 5. The molecule has 170 valence electrons. The van der Waals surface area contributed by atoms with Gasteiger partial charge in [0.05, 0.1) is 24.2 Å². The van der Waals surface area contributed by atoms with E-state index >= 15 is 0 Å². The molecule has 1 atom stereocenters. The zero-order chi connectivity index (χ0) is 23.3. The van der Waals surface area contributed by atoms with E-state index in [-0.39, 0.29) is 5.91 Å². The van der Waals surface area contributed by atoms with Gasteiger partial charge in [0.15, 0.2) is 0 Å². The Morgan fingerprint density at radius 2 is 1.71 bits per heavy atom. The Bertz CT molecular complexity index is 1300. The van der Waals surface area contributed by atoms with Gasteiger partial charge in [0, 0.05) is 30.3 Å². The van der Waals surface area contributed by atoms with Gasteiger partial charge in [0.2, 0.25) is 6.10 Å². The van der Waals surface area contributed by atoms with Crippen molar-refractivity contribution in [1.82, 2.24) is 15.1 Å². The topological polar surface area (TPSA) is 77.7 Å². The molecular formula is C27H24N4O3. The Balaban J connectivity index is 1.29. The molecule has 4 aromatic rings. The summed E-state index contributed by atoms with van der Waals surface area (Å²) in [6.07, 6.45) is 1.70. The Hall–Kier alpha value is -4.39. The van der Waals surface area contributed by atoms with Crippen LogP contribution < -0.4 is 10.1 Å². The Morgan fingerprint density at radius 1 is 1.00 bits per heavy atom. The van der Waals surface area contributed by atoms with Gasteiger partial charge in [-0.25, -0.2) is 4.68 Å². The van der Waals surface area contributed by atoms with Gasteiger partial charge in [-0.3, -0.25) is 4.79 Å². The summed E-state index contributed by atoms with van der Waals surface area (Å²) in [6, 6.07) is 27.4. The Morgan fingerprint density at radius 3 is 2.41 bits per heavy atom. The van der Waals surface area contributed by atoms with Crippen LogP contribution in [0.1, 0.15) is 17.5 Å². The number of carbonyl (C=O) groups excluding carboxylic acids is 1. The third-order valence-electron chi connectivity index (χ3n) is 5.70. The Labute approximate surface area is 197 Å². The molecule has 0 spiro atoms. The molecule has 1 unspecified atom stereocenters. The average Bonchev–Trinajstić information content (AvgIpc) is 3.57. The molecule has 0 fully saturated rings. The molecule has 2 heterocycles. The maximum Gasteiger partial charge on any atom is 0.264 e. The highest BCUT2D eigenvalue weighted by molar-refractivity contribution is 6.04. The first-order valence-electron chi connectivity index (χ1n) is 11.1. The van der Waals surface area contributed by atoms with Crippen LogP contribution >= 0.6 is 0 Å². The van der Waals surface area contributed by atoms with E-state index in [0.29, 0.717) is 13.0 Å². The number of benzene rings is 3. The number of nitrogens with one attached hydrogen (secondary N) is 1. The van der Waals surface area contributed by atoms with Crippen molar-refractivity contribution < 1.29 is 14.4 Å². The summed E-state index contributed by atoms with van der Waals surface area (Å²) in [5.74, 6) is 0.557. The van der Waals surface area contributed by atoms with Crippen molar-refractivity contribution in [1.29, 1.82) is 0 Å². The van der Waals surface area contributed by atoms with Crippen molar-refractivity contribution in [2.75, 3.05) is 7.11 Å². The van der Waals surface area contributed by atoms with Crippen molar-refractivity contribution >= 4 is 11.6 Å². The van der Waals surface area contributed by atoms with Gasteiger partial charge in [0.25, 0.3) is 5.91 Å². The van der Waals surface area contributed by atoms with E-state index in [1.54, 1.807) is 7.11 Å². The molecule has 0 bridgehead atoms. The summed E-state index contributed by atoms with van der Waals surface area (Å²) < 4.78 is 7.03. The minimum absolute atomic E-state index is 0.210. The van der Waals surface area contributed by atoms with Crippen molar-refractivity contribution in [3.8, 4) is 22.7 Å². The second kappa shape index (κ2) is 9.62. The lowest BCUT2D eigenvalue weighted by Gasteiger charge is -2.09. The van der Waals surface area contributed by atoms with E-state index < -0.39 is 6.10 Å². The molecule has 0 saturated heterocycles. The average molecular weight is 453 g/mol. The van der Waals surface area contributed by atoms with Gasteiger partial charge >= 0.3 is 0 Å². The summed E-state index contributed by atoms with van der Waals surface area (Å²) in [4.78, 5) is 18.3. The largest absolute Gasteiger partial charge is 0.497 e. The zero-order valence-electron chi connectivity index (χ0n) is 18.7. The smallest absolute Gasteiger partial charge is 0.264 e. The van der Waals surface area contributed by atoms with Gasteiger partial charge in [-0.05, 0) is 42.0 Å². The number of rotatable bonds is 7. The van der Waals surface area contributed by atoms with E-state index in [1.165, 1.54) is 0 Å². The molecule has 1 N–H and O–H groups in total. The fraction of sp³-hybridized carbons (Fsp3) is 0.148. The van der Waals surface area contributed by atoms with Crippen molar-refractivity contribution in [2.24, 2.45) is 5.16 Å². The maximum atomic E-state index is 12.9. The highest BCUT2D eigenvalue weighted by Gasteiger charge is 2.29. The minimum atomic E-state index is -0.665. The number of oxime groups is 1. The van der Waals surface area contributed by atoms with Crippen LogP contribution in [0, 0.1) is 0 Å². The fourth-order valence-corrected chi connectivity index (χ4v) is 3.86. The second-order valence-corrected chi connectivity index (χ2v) is 7.93. The van der Waals surface area contributed by atoms with Crippen LogP contribution in [0.4, 0.5) is 0 Å². The van der Waals surface area contributed by atoms with Crippen LogP contribution in [0.5, 0.6) is 5.75 Å². The van der Waals surface area contributed by atoms with Gasteiger partial charge < -0.3 is 14.9 Å². The number of para-hydroxylation sites is 1. The van der Waals surface area contributed by atoms with E-state index in [4.69, 9.17) is 14.7 Å². The highest BCUT2D eigenvalue weighted by Crippen LogP contribution is 2.24. The third-order valence-corrected chi connectivity index (χ3v) is 5.70. The maximum absolute atomic E-state index is 12.9. The predicted molar refractivity (Wildman–Crippen MR) is 130 cm³/mol. The number of carbonyl (C=O) groups is 1. The van der Waals surface area contributed by atoms with Crippen LogP contribution in [0.2, 0.25) is 0 Å². The highest BCUT2D eigenvalue weighted by atomic mass is 16.6. The zero-order valence-corrected chi connectivity index (χ0v) is 18.7. The van der Waals surface area contributed by atoms with Crippen LogP contribution in [0.3, 0.4) is 0 Å². The molecule has 5 rings (SSSR count). The molecular weight excluding hydrogens is 428 g/mol. The monoisotopic (exact) mass is 452 g/mol. The number of amides is 1. The molecule has 0 aliphatic carbocycles. The van der Waals surface area contributed by atoms with Crippen LogP contribution in [-0.2, 0) is 16.2 Å². The van der Waals surface area contributed by atoms with E-state index in [9.17, 15) is 4.79 Å². The standard InChI is InChI=1S/C27H24N4O3/c1-33-23-14-12-19(13-15-23)24-16-25(34-30-24)27(32)28-17-21-18-31(22-10-6-3-7-11-22)29-26(21)20-8-4-2-5-9-20/h2-15,18,25H,16-17H2,1H3,(H,28,32). The van der Waals surface area contributed by atoms with Crippen molar-refractivity contribution in [2.45, 2.75) is 19.1 Å². The summed E-state index contributed by atoms with van der Waals surface area (Å²) in [5, 5.41) is 11.9. The van der Waals surface area contributed by atoms with Crippen LogP contribution in [0.25, 0.3) is 16.9 Å². The first-order valence-corrected chi connectivity index (χ1v) is 11.1. The van der Waals surface area contributed by atoms with E-state index in [0.717, 1.165) is 39.5 Å². The quantitative estimate of drug-likeness (QED) is 0.452. The number of ether oxygens (including phenoxy) is 1. The summed E-state index contributed by atoms with van der Waals surface area (Å²) in [5.41, 5.74) is 5.33. The van der Waals surface area contributed by atoms with Gasteiger partial charge in [0.1, 0.15) is 5.75 Å². The van der Waals surface area contributed by atoms with Gasteiger partial charge in [-0.15, -0.1) is 0 Å². The van der Waals surface area contributed by atoms with Gasteiger partial charge in [-0.2, -0.15) is 5.10 Å². The number of aromatic nitrogens is 2. The fourth-order valence-electron chi connectivity index (χ4n) is 3.86. The van der Waals surface area contributed by atoms with Crippen molar-refractivity contribution in [3.05, 3.63) is 102 Å². The van der Waals surface area contributed by atoms with Crippen LogP contribution in [0.15, 0.2) is 96.3 Å². The molecule has 0 radical (unpaired) electrons. The molecule has 7 heteroatoms. The number of nitrogens with zero attached hydrogens (tertiary/aromatic N) is 3. The summed E-state index contributed by atoms with van der Waals surface area (Å²) in [7, 11) is 1.62. The first kappa shape index (κ1) is 21.5. The molecule has 34 heavy (non-hydrogen) atoms. The normalized spacial score (nSPS) is 14.9. The molecule has 0 saturated carbocycles. The minimum Gasteiger partial charge on any atom is -0.497 e. The van der Waals surface area contributed by atoms with E-state index in [1.807, 2.05) is 95.8 Å². The lowest BCUT2D eigenvalue weighted by molar-refractivity contribution is -0.131. The predicted octanol–water partition coefficient (Wildman–Crippen LogP) is 4.36. The molecule has 1 aliphatic heterocycles. The molecule has 7 nitrogen and oxygen atoms in total. The number of hydrogen-bond donors (Lipinski definition) is 1. The number of methoxy groups -OCH3 is 1. The third kappa shape index (κ3) is 4.54. The molecule has 3 aromatic carbocycles. The molecule has 1 amide bonds. The lowest BCUT2D eigenvalue weighted by Crippen LogP contribution is -2.34. The second-order valence-electron chi connectivity index (χ2n) is 7.93. The SMILES string of the molecule is COc1ccc(C2=NOC(C(=O)NCc3cn(-c4ccccc4)nc3-c3ccccc3)C2)cc1. The van der Waals surface area contributed by atoms with Gasteiger partial charge in [-0.1, -0.05) is 53.7 Å². The van der Waals surface area contributed by atoms with Crippen LogP contribution in [-0.4, -0.2) is 34.6 Å². The van der Waals surface area contributed by atoms with E-state index in [2.05, 4.69) is 10.5 Å². The summed E-state index contributed by atoms with van der Waals surface area (Å²) >= 11 is 0. The molecule has 1 aliphatic rings. The first-order chi connectivity index (χ1) is 16.7. The lowest BCUT2D eigenvalue weighted by atomic mass is 10.0.